The number of rotatable bonds is 20. The lowest BCUT2D eigenvalue weighted by molar-refractivity contribution is -0.140. The number of carbonyl (C=O) groups excluding carboxylic acids is 6. The van der Waals surface area contributed by atoms with Gasteiger partial charge in [0, 0.05) is 68.3 Å². The zero-order valence-corrected chi connectivity index (χ0v) is 40.8. The average Bonchev–Trinajstić information content (AvgIpc) is 3.97. The Bertz CT molecular complexity index is 2940. The summed E-state index contributed by atoms with van der Waals surface area (Å²) in [7, 11) is 6.01. The number of carbonyl (C=O) groups is 6. The SMILES string of the molecule is CNc1cc(OCc2cc(COc3cc4c(cc3OC)C(=O)N3c5ccccc5CC3C=N4)cc(NC(=O)C(C)NC(=O)CNC(=O)CCCCC(=O)OC)c2)c(OC)cc1C(=O)N1CCc2ccccc21. The summed E-state index contributed by atoms with van der Waals surface area (Å²) in [6.45, 7) is 1.68. The number of ether oxygens (including phenoxy) is 5. The van der Waals surface area contributed by atoms with E-state index in [0.29, 0.717) is 88.1 Å². The fourth-order valence-electron chi connectivity index (χ4n) is 8.96. The molecule has 0 fully saturated rings. The fourth-order valence-corrected chi connectivity index (χ4v) is 8.96. The number of amides is 5. The van der Waals surface area contributed by atoms with Gasteiger partial charge >= 0.3 is 5.97 Å². The van der Waals surface area contributed by atoms with Gasteiger partial charge in [0.2, 0.25) is 17.7 Å². The van der Waals surface area contributed by atoms with Crippen LogP contribution in [-0.2, 0) is 50.0 Å². The predicted octanol–water partition coefficient (Wildman–Crippen LogP) is 6.69. The third kappa shape index (κ3) is 11.3. The van der Waals surface area contributed by atoms with Crippen LogP contribution in [0.15, 0.2) is 96.0 Å². The number of hydrogen-bond acceptors (Lipinski definition) is 13. The Balaban J connectivity index is 0.999. The lowest BCUT2D eigenvalue weighted by Crippen LogP contribution is -2.45. The Morgan fingerprint density at radius 1 is 0.764 bits per heavy atom. The summed E-state index contributed by atoms with van der Waals surface area (Å²) in [5, 5.41) is 11.2. The molecule has 5 aromatic rings. The lowest BCUT2D eigenvalue weighted by atomic mass is 10.1. The molecule has 0 saturated heterocycles. The summed E-state index contributed by atoms with van der Waals surface area (Å²) < 4.78 is 28.9. The summed E-state index contributed by atoms with van der Waals surface area (Å²) in [5.41, 5.74) is 7.21. The maximum absolute atomic E-state index is 14.0. The molecule has 18 nitrogen and oxygen atoms in total. The first-order valence-electron chi connectivity index (χ1n) is 23.7. The molecule has 0 radical (unpaired) electrons. The Labute approximate surface area is 417 Å². The zero-order valence-electron chi connectivity index (χ0n) is 40.8. The molecule has 2 unspecified atom stereocenters. The van der Waals surface area contributed by atoms with Crippen LogP contribution in [0, 0.1) is 0 Å². The Hall–Kier alpha value is -8.41. The lowest BCUT2D eigenvalue weighted by Gasteiger charge is -2.22. The molecule has 0 spiro atoms. The second-order valence-electron chi connectivity index (χ2n) is 17.5. The topological polar surface area (TPSA) is 216 Å². The van der Waals surface area contributed by atoms with Crippen LogP contribution in [0.25, 0.3) is 0 Å². The largest absolute Gasteiger partial charge is 0.493 e. The molecule has 72 heavy (non-hydrogen) atoms. The molecule has 3 aliphatic rings. The number of nitrogens with one attached hydrogen (secondary N) is 4. The van der Waals surface area contributed by atoms with Gasteiger partial charge in [-0.25, -0.2) is 0 Å². The van der Waals surface area contributed by atoms with Crippen molar-refractivity contribution >= 4 is 70.2 Å². The van der Waals surface area contributed by atoms with Crippen molar-refractivity contribution in [1.29, 1.82) is 0 Å². The third-order valence-electron chi connectivity index (χ3n) is 12.7. The van der Waals surface area contributed by atoms with Crippen LogP contribution in [0.5, 0.6) is 23.0 Å². The first-order chi connectivity index (χ1) is 34.9. The van der Waals surface area contributed by atoms with Crippen molar-refractivity contribution < 1.29 is 52.5 Å². The highest BCUT2D eigenvalue weighted by Gasteiger charge is 2.37. The second kappa shape index (κ2) is 22.6. The van der Waals surface area contributed by atoms with Gasteiger partial charge in [-0.1, -0.05) is 36.4 Å². The van der Waals surface area contributed by atoms with E-state index in [1.165, 1.54) is 28.3 Å². The Morgan fingerprint density at radius 3 is 2.14 bits per heavy atom. The maximum Gasteiger partial charge on any atom is 0.305 e. The number of benzene rings is 5. The molecule has 5 amide bonds. The maximum atomic E-state index is 14.0. The van der Waals surface area contributed by atoms with Crippen LogP contribution in [0.2, 0.25) is 0 Å². The van der Waals surface area contributed by atoms with Gasteiger partial charge in [-0.3, -0.25) is 38.7 Å². The molecule has 3 heterocycles. The molecule has 0 aliphatic carbocycles. The first-order valence-corrected chi connectivity index (χ1v) is 23.7. The quantitative estimate of drug-likeness (QED) is 0.0475. The second-order valence-corrected chi connectivity index (χ2v) is 17.5. The van der Waals surface area contributed by atoms with Gasteiger partial charge in [0.1, 0.15) is 19.3 Å². The number of hydrogen-bond donors (Lipinski definition) is 4. The highest BCUT2D eigenvalue weighted by molar-refractivity contribution is 6.15. The van der Waals surface area contributed by atoms with Gasteiger partial charge in [0.25, 0.3) is 11.8 Å². The molecule has 5 aromatic carbocycles. The minimum absolute atomic E-state index is 0.0164. The standard InChI is InChI=1S/C54H57N7O11/c1-32(58-50(63)29-57-49(62)16-10-11-17-51(64)70-5)52(65)59-37-21-33(30-71-47-26-41(55-2)39(24-45(47)68-3)53(66)60-19-18-35-12-6-8-14-43(35)60)20-34(22-37)31-72-48-27-42-40(25-46(48)69-4)54(67)61-38(28-56-42)23-36-13-7-9-15-44(36)61/h6-9,12-15,20-22,24-28,32,38,55H,10-11,16-19,23,29-31H2,1-5H3,(H,57,62)(H,58,63)(H,59,65). The molecule has 374 valence electrons. The number of nitrogens with zero attached hydrogens (tertiary/aromatic N) is 3. The van der Waals surface area contributed by atoms with Crippen LogP contribution < -0.4 is 50.0 Å². The van der Waals surface area contributed by atoms with Crippen molar-refractivity contribution in [3.05, 3.63) is 124 Å². The minimum Gasteiger partial charge on any atom is -0.493 e. The average molecular weight is 980 g/mol. The van der Waals surface area contributed by atoms with Gasteiger partial charge < -0.3 is 49.9 Å². The van der Waals surface area contributed by atoms with Crippen LogP contribution in [0.3, 0.4) is 0 Å². The van der Waals surface area contributed by atoms with Crippen LogP contribution in [-0.4, -0.2) is 95.3 Å². The summed E-state index contributed by atoms with van der Waals surface area (Å²) in [5.74, 6) is -0.892. The van der Waals surface area contributed by atoms with Crippen LogP contribution in [0.1, 0.15) is 75.6 Å². The Kier molecular flexibility index (Phi) is 15.7. The van der Waals surface area contributed by atoms with E-state index >= 15 is 0 Å². The predicted molar refractivity (Wildman–Crippen MR) is 271 cm³/mol. The zero-order chi connectivity index (χ0) is 50.9. The highest BCUT2D eigenvalue weighted by atomic mass is 16.5. The molecule has 4 N–H and O–H groups in total. The van der Waals surface area contributed by atoms with Gasteiger partial charge in [0.15, 0.2) is 23.0 Å². The molecule has 8 rings (SSSR count). The molecule has 0 saturated carbocycles. The third-order valence-corrected chi connectivity index (χ3v) is 12.7. The van der Waals surface area contributed by atoms with Crippen molar-refractivity contribution in [3.63, 3.8) is 0 Å². The van der Waals surface area contributed by atoms with Crippen molar-refractivity contribution in [1.82, 2.24) is 10.6 Å². The van der Waals surface area contributed by atoms with E-state index < -0.39 is 17.9 Å². The van der Waals surface area contributed by atoms with Crippen molar-refractivity contribution in [2.75, 3.05) is 61.9 Å². The number of fused-ring (bicyclic) bond motifs is 5. The van der Waals surface area contributed by atoms with Gasteiger partial charge in [-0.2, -0.15) is 0 Å². The van der Waals surface area contributed by atoms with E-state index in [0.717, 1.165) is 28.9 Å². The molecular formula is C54H57N7O11. The van der Waals surface area contributed by atoms with E-state index in [4.69, 9.17) is 23.9 Å². The number of unbranched alkanes of at least 4 members (excludes halogenated alkanes) is 1. The highest BCUT2D eigenvalue weighted by Crippen LogP contribution is 2.42. The van der Waals surface area contributed by atoms with Gasteiger partial charge in [-0.15, -0.1) is 0 Å². The molecule has 18 heteroatoms. The number of aliphatic imine (C=N–C) groups is 1. The van der Waals surface area contributed by atoms with Crippen LogP contribution in [0.4, 0.5) is 28.4 Å². The summed E-state index contributed by atoms with van der Waals surface area (Å²) in [4.78, 5) is 86.3. The Morgan fingerprint density at radius 2 is 1.43 bits per heavy atom. The van der Waals surface area contributed by atoms with E-state index in [2.05, 4.69) is 26.0 Å². The normalized spacial score (nSPS) is 14.4. The van der Waals surface area contributed by atoms with E-state index in [1.54, 1.807) is 59.5 Å². The summed E-state index contributed by atoms with van der Waals surface area (Å²) in [6, 6.07) is 26.3. The summed E-state index contributed by atoms with van der Waals surface area (Å²) >= 11 is 0. The minimum atomic E-state index is -1.01. The molecular weight excluding hydrogens is 923 g/mol. The van der Waals surface area contributed by atoms with Crippen molar-refractivity contribution in [2.45, 2.75) is 70.7 Å². The number of methoxy groups -OCH3 is 3. The van der Waals surface area contributed by atoms with E-state index in [9.17, 15) is 28.8 Å². The van der Waals surface area contributed by atoms with Crippen molar-refractivity contribution in [2.24, 2.45) is 4.99 Å². The van der Waals surface area contributed by atoms with Crippen LogP contribution >= 0.6 is 0 Å². The molecule has 3 aliphatic heterocycles. The molecule has 0 aromatic heterocycles. The van der Waals surface area contributed by atoms with Crippen molar-refractivity contribution in [3.8, 4) is 23.0 Å². The monoisotopic (exact) mass is 979 g/mol. The molecule has 2 atom stereocenters. The number of para-hydroxylation sites is 2. The first kappa shape index (κ1) is 50.0. The van der Waals surface area contributed by atoms with E-state index in [1.807, 2.05) is 54.6 Å². The van der Waals surface area contributed by atoms with Gasteiger partial charge in [0.05, 0.1) is 56.4 Å². The number of esters is 1. The molecule has 0 bridgehead atoms. The smallest absolute Gasteiger partial charge is 0.305 e. The fraction of sp³-hybridized carbons (Fsp3) is 0.315. The van der Waals surface area contributed by atoms with Gasteiger partial charge in [-0.05, 0) is 90.9 Å². The van der Waals surface area contributed by atoms with E-state index in [-0.39, 0.29) is 62.3 Å². The number of anilines is 4. The summed E-state index contributed by atoms with van der Waals surface area (Å²) in [6.07, 6.45) is 4.40.